The van der Waals surface area contributed by atoms with Crippen LogP contribution < -0.4 is 0 Å². The monoisotopic (exact) mass is 747 g/mol. The zero-order valence-corrected chi connectivity index (χ0v) is 32.1. The normalized spacial score (nSPS) is 31.1. The lowest BCUT2D eigenvalue weighted by Crippen LogP contribution is -2.54. The van der Waals surface area contributed by atoms with Gasteiger partial charge in [0.05, 0.1) is 38.5 Å². The summed E-state index contributed by atoms with van der Waals surface area (Å²) in [6.07, 6.45) is 1.41. The number of likely N-dealkylation sites (tertiary alicyclic amines) is 1. The third-order valence-electron chi connectivity index (χ3n) is 10.7. The average Bonchev–Trinajstić information content (AvgIpc) is 3.79. The van der Waals surface area contributed by atoms with E-state index in [-0.39, 0.29) is 30.4 Å². The van der Waals surface area contributed by atoms with E-state index in [9.17, 15) is 0 Å². The molecule has 0 aliphatic carbocycles. The molecule has 4 aliphatic rings. The molecular weight excluding hydrogens is 695 g/mol. The van der Waals surface area contributed by atoms with E-state index in [0.29, 0.717) is 33.0 Å². The van der Waals surface area contributed by atoms with Crippen LogP contribution >= 0.6 is 0 Å². The van der Waals surface area contributed by atoms with Gasteiger partial charge in [-0.05, 0) is 49.9 Å². The molecule has 1 unspecified atom stereocenters. The summed E-state index contributed by atoms with van der Waals surface area (Å²) in [6.45, 7) is 10.1. The summed E-state index contributed by atoms with van der Waals surface area (Å²) in [6, 6.07) is 41.1. The second-order valence-corrected chi connectivity index (χ2v) is 15.8. The standard InChI is InChI=1S/C46H53NO8/c1-45(2)52-41-38(51-44-43(42(41)53-45)54-46(3,4)55-44)26-25-36-39(49-29-34-21-13-7-14-22-34)40(50-30-35-23-15-8-16-24-35)37(31-48-28-33-19-11-6-12-20-33)47(36)27-32-17-9-5-10-18-32/h5-26,36-44H,27-31H2,1-4H3/b26-25+/t36-,37-,38-,39-,40-,41+,42+,43-,44?/m1/s1. The first-order chi connectivity index (χ1) is 26.7. The van der Waals surface area contributed by atoms with E-state index in [0.717, 1.165) is 16.7 Å². The summed E-state index contributed by atoms with van der Waals surface area (Å²) in [5.74, 6) is -1.61. The molecule has 4 saturated heterocycles. The van der Waals surface area contributed by atoms with Crippen LogP contribution in [-0.2, 0) is 64.3 Å². The van der Waals surface area contributed by atoms with Crippen LogP contribution in [0.3, 0.4) is 0 Å². The molecule has 55 heavy (non-hydrogen) atoms. The predicted octanol–water partition coefficient (Wildman–Crippen LogP) is 7.58. The second kappa shape index (κ2) is 16.8. The fourth-order valence-corrected chi connectivity index (χ4v) is 8.26. The quantitative estimate of drug-likeness (QED) is 0.121. The molecular formula is C46H53NO8. The highest BCUT2D eigenvalue weighted by molar-refractivity contribution is 5.21. The van der Waals surface area contributed by atoms with Crippen molar-refractivity contribution in [2.75, 3.05) is 6.61 Å². The van der Waals surface area contributed by atoms with Crippen molar-refractivity contribution in [2.45, 2.75) is 121 Å². The maximum Gasteiger partial charge on any atom is 0.190 e. The molecule has 0 spiro atoms. The smallest absolute Gasteiger partial charge is 0.190 e. The van der Waals surface area contributed by atoms with Crippen molar-refractivity contribution >= 4 is 0 Å². The Kier molecular flexibility index (Phi) is 11.6. The number of benzene rings is 4. The molecule has 0 bridgehead atoms. The van der Waals surface area contributed by atoms with Crippen LogP contribution in [0.2, 0.25) is 0 Å². The van der Waals surface area contributed by atoms with Crippen molar-refractivity contribution in [1.82, 2.24) is 4.90 Å². The van der Waals surface area contributed by atoms with Gasteiger partial charge >= 0.3 is 0 Å². The van der Waals surface area contributed by atoms with Crippen molar-refractivity contribution in [3.63, 3.8) is 0 Å². The van der Waals surface area contributed by atoms with E-state index >= 15 is 0 Å². The van der Waals surface area contributed by atoms with Gasteiger partial charge in [-0.25, -0.2) is 0 Å². The highest BCUT2D eigenvalue weighted by Gasteiger charge is 2.60. The van der Waals surface area contributed by atoms with Gasteiger partial charge in [0.25, 0.3) is 0 Å². The highest BCUT2D eigenvalue weighted by Crippen LogP contribution is 2.45. The summed E-state index contributed by atoms with van der Waals surface area (Å²) in [5, 5.41) is 0. The Labute approximate surface area is 325 Å². The molecule has 9 atom stereocenters. The molecule has 0 N–H and O–H groups in total. The maximum atomic E-state index is 7.01. The van der Waals surface area contributed by atoms with Crippen LogP contribution in [0.25, 0.3) is 0 Å². The van der Waals surface area contributed by atoms with E-state index in [4.69, 9.17) is 37.9 Å². The van der Waals surface area contributed by atoms with Crippen molar-refractivity contribution in [1.29, 1.82) is 0 Å². The lowest BCUT2D eigenvalue weighted by molar-refractivity contribution is -0.222. The summed E-state index contributed by atoms with van der Waals surface area (Å²) in [5.41, 5.74) is 4.50. The molecule has 0 amide bonds. The van der Waals surface area contributed by atoms with Crippen LogP contribution in [0.5, 0.6) is 0 Å². The fraction of sp³-hybridized carbons (Fsp3) is 0.435. The predicted molar refractivity (Wildman–Crippen MR) is 207 cm³/mol. The molecule has 4 heterocycles. The summed E-state index contributed by atoms with van der Waals surface area (Å²) in [4.78, 5) is 2.47. The molecule has 4 aromatic rings. The number of hydrogen-bond acceptors (Lipinski definition) is 9. The van der Waals surface area contributed by atoms with Gasteiger partial charge in [-0.2, -0.15) is 0 Å². The minimum atomic E-state index is -0.806. The Morgan fingerprint density at radius 3 is 1.64 bits per heavy atom. The average molecular weight is 748 g/mol. The Bertz CT molecular complexity index is 1820. The number of hydrogen-bond donors (Lipinski definition) is 0. The minimum absolute atomic E-state index is 0.148. The van der Waals surface area contributed by atoms with E-state index < -0.39 is 36.2 Å². The number of fused-ring (bicyclic) bond motifs is 3. The van der Waals surface area contributed by atoms with Gasteiger partial charge in [0.15, 0.2) is 17.9 Å². The van der Waals surface area contributed by atoms with Crippen molar-refractivity contribution in [3.8, 4) is 0 Å². The molecule has 0 radical (unpaired) electrons. The van der Waals surface area contributed by atoms with Gasteiger partial charge in [-0.3, -0.25) is 4.90 Å². The zero-order valence-electron chi connectivity index (χ0n) is 32.1. The van der Waals surface area contributed by atoms with Crippen molar-refractivity contribution < 1.29 is 37.9 Å². The Hall–Kier alpha value is -3.74. The summed E-state index contributed by atoms with van der Waals surface area (Å²) in [7, 11) is 0. The molecule has 0 saturated carbocycles. The lowest BCUT2D eigenvalue weighted by atomic mass is 9.97. The lowest BCUT2D eigenvalue weighted by Gasteiger charge is -2.36. The van der Waals surface area contributed by atoms with Crippen molar-refractivity contribution in [2.24, 2.45) is 0 Å². The SMILES string of the molecule is CC1(C)O[C@@H]2[C@H](O1)[C@H]1OC(C)(C)OC1O[C@@H]2/C=C/[C@@H]1[C@@H](OCc2ccccc2)[C@H](OCc2ccccc2)[C@@H](COCc2ccccc2)N1Cc1ccccc1. The van der Waals surface area contributed by atoms with Crippen LogP contribution in [0.1, 0.15) is 49.9 Å². The second-order valence-electron chi connectivity index (χ2n) is 15.8. The molecule has 0 aromatic heterocycles. The Morgan fingerprint density at radius 2 is 1.04 bits per heavy atom. The molecule has 4 fully saturated rings. The Balaban J connectivity index is 1.15. The zero-order chi connectivity index (χ0) is 37.8. The van der Waals surface area contributed by atoms with Crippen molar-refractivity contribution in [3.05, 3.63) is 156 Å². The van der Waals surface area contributed by atoms with E-state index in [1.807, 2.05) is 88.4 Å². The number of rotatable bonds is 14. The van der Waals surface area contributed by atoms with Gasteiger partial charge in [0, 0.05) is 6.54 Å². The van der Waals surface area contributed by atoms with Crippen LogP contribution in [-0.4, -0.2) is 78.1 Å². The number of ether oxygens (including phenoxy) is 8. The summed E-state index contributed by atoms with van der Waals surface area (Å²) < 4.78 is 52.7. The van der Waals surface area contributed by atoms with E-state index in [2.05, 4.69) is 77.7 Å². The summed E-state index contributed by atoms with van der Waals surface area (Å²) >= 11 is 0. The Morgan fingerprint density at radius 1 is 0.545 bits per heavy atom. The van der Waals surface area contributed by atoms with Gasteiger partial charge in [0.2, 0.25) is 0 Å². The first kappa shape index (κ1) is 38.1. The maximum absolute atomic E-state index is 7.01. The van der Waals surface area contributed by atoms with Crippen LogP contribution in [0.15, 0.2) is 133 Å². The first-order valence-corrected chi connectivity index (χ1v) is 19.5. The largest absolute Gasteiger partial charge is 0.375 e. The van der Waals surface area contributed by atoms with Crippen LogP contribution in [0.4, 0.5) is 0 Å². The fourth-order valence-electron chi connectivity index (χ4n) is 8.26. The van der Waals surface area contributed by atoms with Gasteiger partial charge in [-0.1, -0.05) is 133 Å². The molecule has 9 nitrogen and oxygen atoms in total. The molecule has 4 aromatic carbocycles. The van der Waals surface area contributed by atoms with Gasteiger partial charge in [0.1, 0.15) is 36.6 Å². The van der Waals surface area contributed by atoms with E-state index in [1.165, 1.54) is 5.56 Å². The van der Waals surface area contributed by atoms with Crippen LogP contribution in [0, 0.1) is 0 Å². The molecule has 8 rings (SSSR count). The molecule has 4 aliphatic heterocycles. The van der Waals surface area contributed by atoms with Gasteiger partial charge in [-0.15, -0.1) is 0 Å². The van der Waals surface area contributed by atoms with E-state index in [1.54, 1.807) is 0 Å². The third kappa shape index (κ3) is 9.13. The molecule has 290 valence electrons. The minimum Gasteiger partial charge on any atom is -0.375 e. The first-order valence-electron chi connectivity index (χ1n) is 19.5. The topological polar surface area (TPSA) is 77.1 Å². The van der Waals surface area contributed by atoms with Gasteiger partial charge < -0.3 is 37.9 Å². The number of nitrogens with zero attached hydrogens (tertiary/aromatic N) is 1. The third-order valence-corrected chi connectivity index (χ3v) is 10.7. The highest BCUT2D eigenvalue weighted by atomic mass is 16.9. The molecule has 9 heteroatoms.